The Kier molecular flexibility index (Phi) is 5.50. The molecule has 0 radical (unpaired) electrons. The number of aromatic nitrogens is 1. The van der Waals surface area contributed by atoms with Crippen LogP contribution >= 0.6 is 11.6 Å². The highest BCUT2D eigenvalue weighted by Gasteiger charge is 2.43. The molecule has 1 aromatic heterocycles. The molecule has 0 saturated heterocycles. The fourth-order valence-corrected chi connectivity index (χ4v) is 3.91. The van der Waals surface area contributed by atoms with Crippen molar-refractivity contribution in [1.29, 1.82) is 0 Å². The van der Waals surface area contributed by atoms with Crippen LogP contribution in [0.15, 0.2) is 30.3 Å². The van der Waals surface area contributed by atoms with Gasteiger partial charge in [0.2, 0.25) is 6.35 Å². The first-order valence-electron chi connectivity index (χ1n) is 10.3. The van der Waals surface area contributed by atoms with Crippen molar-refractivity contribution in [1.82, 2.24) is 4.98 Å². The van der Waals surface area contributed by atoms with Crippen molar-refractivity contribution in [3.8, 4) is 11.3 Å². The van der Waals surface area contributed by atoms with Gasteiger partial charge in [-0.2, -0.15) is 0 Å². The summed E-state index contributed by atoms with van der Waals surface area (Å²) in [4.78, 5) is 4.72. The molecule has 2 aromatic rings. The lowest BCUT2D eigenvalue weighted by molar-refractivity contribution is -0.0251. The number of aliphatic hydroxyl groups is 1. The third kappa shape index (κ3) is 3.59. The van der Waals surface area contributed by atoms with E-state index in [1.165, 1.54) is 12.0 Å². The molecule has 5 nitrogen and oxygen atoms in total. The summed E-state index contributed by atoms with van der Waals surface area (Å²) in [6.45, 7) is 4.21. The first-order chi connectivity index (χ1) is 13.7. The largest absolute Gasteiger partial charge is 0.395 e. The molecule has 1 aliphatic heterocycles. The number of benzene rings is 1. The molecule has 28 heavy (non-hydrogen) atoms. The van der Waals surface area contributed by atoms with E-state index in [2.05, 4.69) is 22.8 Å². The van der Waals surface area contributed by atoms with Gasteiger partial charge in [0.1, 0.15) is 0 Å². The molecule has 2 saturated carbocycles. The standard InChI is InChI=1S/C20H22ClN3O2.C2H6/c21-15-10-16-18(24-19(22-16)26-14-2-1-3-14)23-17(15)12-4-6-13(7-5-12)20(11-25)8-9-20;1-2/h4-7,10,14,19,22,25H,1-3,8-9,11H2,(H,23,24);1-2H3. The van der Waals surface area contributed by atoms with Crippen molar-refractivity contribution in [3.05, 3.63) is 40.9 Å². The van der Waals surface area contributed by atoms with Gasteiger partial charge in [-0.1, -0.05) is 49.7 Å². The summed E-state index contributed by atoms with van der Waals surface area (Å²) in [5.74, 6) is 0.770. The number of fused-ring (bicyclic) bond motifs is 1. The molecule has 0 spiro atoms. The summed E-state index contributed by atoms with van der Waals surface area (Å²) in [5, 5.41) is 16.8. The third-order valence-corrected chi connectivity index (χ3v) is 6.13. The second-order valence-electron chi connectivity index (χ2n) is 7.59. The lowest BCUT2D eigenvalue weighted by Crippen LogP contribution is -2.34. The summed E-state index contributed by atoms with van der Waals surface area (Å²) in [7, 11) is 0. The van der Waals surface area contributed by atoms with Gasteiger partial charge >= 0.3 is 0 Å². The highest BCUT2D eigenvalue weighted by molar-refractivity contribution is 6.33. The van der Waals surface area contributed by atoms with E-state index in [4.69, 9.17) is 21.3 Å². The molecule has 0 bridgehead atoms. The van der Waals surface area contributed by atoms with E-state index in [1.54, 1.807) is 0 Å². The Morgan fingerprint density at radius 3 is 2.46 bits per heavy atom. The van der Waals surface area contributed by atoms with Crippen LogP contribution in [0.2, 0.25) is 5.02 Å². The minimum atomic E-state index is -0.240. The number of aliphatic hydroxyl groups excluding tert-OH is 1. The minimum absolute atomic E-state index is 0.0226. The van der Waals surface area contributed by atoms with Gasteiger partial charge in [0.05, 0.1) is 29.1 Å². The first kappa shape index (κ1) is 19.5. The second-order valence-corrected chi connectivity index (χ2v) is 8.00. The summed E-state index contributed by atoms with van der Waals surface area (Å²) in [6, 6.07) is 10.1. The Bertz CT molecular complexity index is 832. The van der Waals surface area contributed by atoms with Crippen LogP contribution in [0.5, 0.6) is 0 Å². The minimum Gasteiger partial charge on any atom is -0.395 e. The lowest BCUT2D eigenvalue weighted by atomic mass is 9.95. The molecule has 5 rings (SSSR count). The molecule has 3 aliphatic rings. The van der Waals surface area contributed by atoms with Crippen molar-refractivity contribution >= 4 is 23.1 Å². The zero-order valence-corrected chi connectivity index (χ0v) is 17.2. The van der Waals surface area contributed by atoms with Crippen LogP contribution in [0.3, 0.4) is 0 Å². The van der Waals surface area contributed by atoms with Crippen LogP contribution in [0.25, 0.3) is 11.3 Å². The molecule has 2 aliphatic carbocycles. The third-order valence-electron chi connectivity index (χ3n) is 5.84. The van der Waals surface area contributed by atoms with Gasteiger partial charge in [0, 0.05) is 11.0 Å². The Labute approximate surface area is 171 Å². The molecule has 6 heteroatoms. The van der Waals surface area contributed by atoms with Gasteiger partial charge in [-0.3, -0.25) is 0 Å². The van der Waals surface area contributed by atoms with Crippen molar-refractivity contribution in [2.75, 3.05) is 17.2 Å². The van der Waals surface area contributed by atoms with Crippen LogP contribution in [-0.4, -0.2) is 29.2 Å². The molecule has 1 aromatic carbocycles. The van der Waals surface area contributed by atoms with Crippen molar-refractivity contribution < 1.29 is 9.84 Å². The molecular formula is C22H28ClN3O2. The Morgan fingerprint density at radius 1 is 1.18 bits per heavy atom. The van der Waals surface area contributed by atoms with E-state index in [9.17, 15) is 5.11 Å². The molecule has 3 N–H and O–H groups in total. The zero-order chi connectivity index (χ0) is 19.7. The van der Waals surface area contributed by atoms with Crippen molar-refractivity contribution in [3.63, 3.8) is 0 Å². The highest BCUT2D eigenvalue weighted by Crippen LogP contribution is 2.48. The predicted octanol–water partition coefficient (Wildman–Crippen LogP) is 5.14. The zero-order valence-electron chi connectivity index (χ0n) is 16.5. The number of ether oxygens (including phenoxy) is 1. The van der Waals surface area contributed by atoms with Crippen LogP contribution in [0, 0.1) is 0 Å². The smallest absolute Gasteiger partial charge is 0.206 e. The lowest BCUT2D eigenvalue weighted by Gasteiger charge is -2.28. The van der Waals surface area contributed by atoms with Crippen LogP contribution in [0.4, 0.5) is 11.5 Å². The van der Waals surface area contributed by atoms with Crippen LogP contribution < -0.4 is 10.6 Å². The molecule has 2 fully saturated rings. The van der Waals surface area contributed by atoms with E-state index in [0.717, 1.165) is 48.4 Å². The van der Waals surface area contributed by atoms with E-state index in [1.807, 2.05) is 32.0 Å². The predicted molar refractivity (Wildman–Crippen MR) is 114 cm³/mol. The van der Waals surface area contributed by atoms with E-state index in [-0.39, 0.29) is 18.4 Å². The van der Waals surface area contributed by atoms with E-state index >= 15 is 0 Å². The normalized spacial score (nSPS) is 21.5. The first-order valence-corrected chi connectivity index (χ1v) is 10.7. The van der Waals surface area contributed by atoms with Gasteiger partial charge in [-0.05, 0) is 43.7 Å². The fourth-order valence-electron chi connectivity index (χ4n) is 3.65. The summed E-state index contributed by atoms with van der Waals surface area (Å²) in [6.07, 6.45) is 5.69. The Balaban J connectivity index is 0.000000932. The number of hydrogen-bond acceptors (Lipinski definition) is 5. The maximum absolute atomic E-state index is 9.59. The average Bonchev–Trinajstić information content (AvgIpc) is 3.40. The molecular weight excluding hydrogens is 374 g/mol. The van der Waals surface area contributed by atoms with Gasteiger partial charge in [0.15, 0.2) is 5.82 Å². The molecule has 1 atom stereocenters. The number of rotatable bonds is 5. The highest BCUT2D eigenvalue weighted by atomic mass is 35.5. The quantitative estimate of drug-likeness (QED) is 0.647. The number of halogens is 1. The van der Waals surface area contributed by atoms with E-state index < -0.39 is 0 Å². The number of nitrogens with one attached hydrogen (secondary N) is 2. The fraction of sp³-hybridized carbons (Fsp3) is 0.500. The summed E-state index contributed by atoms with van der Waals surface area (Å²) >= 11 is 6.49. The van der Waals surface area contributed by atoms with Gasteiger partial charge in [0.25, 0.3) is 0 Å². The van der Waals surface area contributed by atoms with E-state index in [0.29, 0.717) is 11.1 Å². The average molecular weight is 402 g/mol. The second kappa shape index (κ2) is 7.90. The van der Waals surface area contributed by atoms with Crippen molar-refractivity contribution in [2.24, 2.45) is 0 Å². The summed E-state index contributed by atoms with van der Waals surface area (Å²) in [5.41, 5.74) is 3.77. The molecule has 1 unspecified atom stereocenters. The molecule has 2 heterocycles. The van der Waals surface area contributed by atoms with Crippen LogP contribution in [0.1, 0.15) is 51.5 Å². The summed E-state index contributed by atoms with van der Waals surface area (Å²) < 4.78 is 5.96. The number of hydrogen-bond donors (Lipinski definition) is 3. The number of anilines is 2. The van der Waals surface area contributed by atoms with Crippen LogP contribution in [-0.2, 0) is 10.2 Å². The molecule has 150 valence electrons. The number of pyridine rings is 1. The van der Waals surface area contributed by atoms with Gasteiger partial charge in [-0.25, -0.2) is 4.98 Å². The van der Waals surface area contributed by atoms with Crippen molar-refractivity contribution in [2.45, 2.75) is 63.8 Å². The van der Waals surface area contributed by atoms with Gasteiger partial charge in [-0.15, -0.1) is 0 Å². The monoisotopic (exact) mass is 401 g/mol. The topological polar surface area (TPSA) is 66.4 Å². The number of nitrogens with zero attached hydrogens (tertiary/aromatic N) is 1. The maximum atomic E-state index is 9.59. The molecule has 0 amide bonds. The van der Waals surface area contributed by atoms with Gasteiger partial charge < -0.3 is 20.5 Å². The SMILES string of the molecule is CC.OCC1(c2ccc(-c3nc4c(cc3Cl)NC(OC3CCC3)N4)cc2)CC1. The maximum Gasteiger partial charge on any atom is 0.206 e. The Morgan fingerprint density at radius 2 is 1.89 bits per heavy atom. The Hall–Kier alpha value is -1.82.